The Hall–Kier alpha value is -0.480. The number of rotatable bonds is 1. The van der Waals surface area contributed by atoms with Gasteiger partial charge in [0.1, 0.15) is 11.6 Å². The summed E-state index contributed by atoms with van der Waals surface area (Å²) in [4.78, 5) is 0. The third-order valence-electron chi connectivity index (χ3n) is 2.76. The second-order valence-electron chi connectivity index (χ2n) is 3.83. The zero-order valence-corrected chi connectivity index (χ0v) is 9.78. The van der Waals surface area contributed by atoms with Crippen molar-refractivity contribution in [3.63, 3.8) is 0 Å². The summed E-state index contributed by atoms with van der Waals surface area (Å²) in [7, 11) is 0. The Labute approximate surface area is 96.0 Å². The van der Waals surface area contributed by atoms with E-state index in [1.807, 2.05) is 0 Å². The third-order valence-corrected chi connectivity index (χ3v) is 3.33. The predicted octanol–water partition coefficient (Wildman–Crippen LogP) is 3.19. The first kappa shape index (κ1) is 11.0. The molecule has 82 valence electrons. The van der Waals surface area contributed by atoms with Gasteiger partial charge >= 0.3 is 0 Å². The molecule has 15 heavy (non-hydrogen) atoms. The molecule has 1 unspecified atom stereocenters. The minimum absolute atomic E-state index is 0.0887. The summed E-state index contributed by atoms with van der Waals surface area (Å²) in [5.74, 6) is -0.625. The van der Waals surface area contributed by atoms with Gasteiger partial charge < -0.3 is 5.32 Å². The Bertz CT molecular complexity index is 362. The maximum absolute atomic E-state index is 13.7. The van der Waals surface area contributed by atoms with Gasteiger partial charge in [0.15, 0.2) is 0 Å². The van der Waals surface area contributed by atoms with Gasteiger partial charge in [0, 0.05) is 6.54 Å². The molecule has 2 rings (SSSR count). The van der Waals surface area contributed by atoms with E-state index < -0.39 is 0 Å². The Kier molecular flexibility index (Phi) is 3.36. The molecule has 0 bridgehead atoms. The third kappa shape index (κ3) is 2.37. The lowest BCUT2D eigenvalue weighted by Crippen LogP contribution is -2.29. The maximum Gasteiger partial charge on any atom is 0.141 e. The molecule has 1 aromatic rings. The Morgan fingerprint density at radius 3 is 2.80 bits per heavy atom. The molecule has 4 heteroatoms. The minimum atomic E-state index is -0.385. The molecular weight excluding hydrogens is 264 g/mol. The number of piperidine rings is 1. The van der Waals surface area contributed by atoms with Crippen LogP contribution in [0.25, 0.3) is 0 Å². The molecule has 0 spiro atoms. The average molecular weight is 276 g/mol. The fourth-order valence-corrected chi connectivity index (χ4v) is 2.44. The largest absolute Gasteiger partial charge is 0.316 e. The van der Waals surface area contributed by atoms with Gasteiger partial charge in [-0.3, -0.25) is 0 Å². The Morgan fingerprint density at radius 2 is 2.13 bits per heavy atom. The van der Waals surface area contributed by atoms with Crippen LogP contribution in [0.5, 0.6) is 0 Å². The van der Waals surface area contributed by atoms with Gasteiger partial charge in [-0.25, -0.2) is 8.78 Å². The van der Waals surface area contributed by atoms with Crippen molar-refractivity contribution < 1.29 is 8.78 Å². The summed E-state index contributed by atoms with van der Waals surface area (Å²) < 4.78 is 27.1. The highest BCUT2D eigenvalue weighted by Crippen LogP contribution is 2.30. The molecule has 1 atom stereocenters. The fraction of sp³-hybridized carbons (Fsp3) is 0.455. The summed E-state index contributed by atoms with van der Waals surface area (Å²) in [6.07, 6.45) is 1.93. The van der Waals surface area contributed by atoms with Crippen molar-refractivity contribution in [2.75, 3.05) is 13.1 Å². The van der Waals surface area contributed by atoms with Gasteiger partial charge in [0.2, 0.25) is 0 Å². The van der Waals surface area contributed by atoms with Crippen LogP contribution in [0.2, 0.25) is 0 Å². The standard InChI is InChI=1S/C11H12BrF2N/c12-10-5-8(13)4-9(11(10)14)7-2-1-3-15-6-7/h4-5,7,15H,1-3,6H2. The number of halogens is 3. The molecule has 1 aliphatic rings. The average Bonchev–Trinajstić information content (AvgIpc) is 2.24. The van der Waals surface area contributed by atoms with Gasteiger partial charge in [-0.15, -0.1) is 0 Å². The van der Waals surface area contributed by atoms with E-state index in [0.29, 0.717) is 5.56 Å². The van der Waals surface area contributed by atoms with Crippen molar-refractivity contribution in [1.82, 2.24) is 5.32 Å². The van der Waals surface area contributed by atoms with E-state index in [1.165, 1.54) is 6.07 Å². The number of nitrogens with one attached hydrogen (secondary N) is 1. The number of benzene rings is 1. The highest BCUT2D eigenvalue weighted by molar-refractivity contribution is 9.10. The first-order valence-electron chi connectivity index (χ1n) is 5.03. The molecule has 0 radical (unpaired) electrons. The van der Waals surface area contributed by atoms with Gasteiger partial charge in [-0.05, 0) is 58.9 Å². The number of hydrogen-bond acceptors (Lipinski definition) is 1. The van der Waals surface area contributed by atoms with Crippen LogP contribution in [-0.4, -0.2) is 13.1 Å². The lowest BCUT2D eigenvalue weighted by atomic mass is 9.91. The molecule has 0 amide bonds. The van der Waals surface area contributed by atoms with Crippen molar-refractivity contribution in [3.05, 3.63) is 33.8 Å². The summed E-state index contributed by atoms with van der Waals surface area (Å²) in [6, 6.07) is 2.47. The van der Waals surface area contributed by atoms with Crippen LogP contribution in [0, 0.1) is 11.6 Å². The zero-order valence-electron chi connectivity index (χ0n) is 8.19. The molecule has 0 aliphatic carbocycles. The molecule has 1 aromatic carbocycles. The topological polar surface area (TPSA) is 12.0 Å². The summed E-state index contributed by atoms with van der Waals surface area (Å²) >= 11 is 3.03. The summed E-state index contributed by atoms with van der Waals surface area (Å²) in [6.45, 7) is 1.70. The van der Waals surface area contributed by atoms with E-state index in [0.717, 1.165) is 32.0 Å². The van der Waals surface area contributed by atoms with Crippen LogP contribution >= 0.6 is 15.9 Å². The summed E-state index contributed by atoms with van der Waals surface area (Å²) in [5.41, 5.74) is 0.481. The normalized spacial score (nSPS) is 21.7. The molecule has 0 aromatic heterocycles. The van der Waals surface area contributed by atoms with Gasteiger partial charge in [-0.1, -0.05) is 0 Å². The van der Waals surface area contributed by atoms with Gasteiger partial charge in [-0.2, -0.15) is 0 Å². The predicted molar refractivity (Wildman–Crippen MR) is 58.9 cm³/mol. The number of hydrogen-bond donors (Lipinski definition) is 1. The van der Waals surface area contributed by atoms with E-state index in [9.17, 15) is 8.78 Å². The lowest BCUT2D eigenvalue weighted by molar-refractivity contribution is 0.442. The van der Waals surface area contributed by atoms with E-state index in [2.05, 4.69) is 21.2 Å². The lowest BCUT2D eigenvalue weighted by Gasteiger charge is -2.23. The molecule has 0 saturated carbocycles. The molecule has 1 heterocycles. The highest BCUT2D eigenvalue weighted by Gasteiger charge is 2.20. The van der Waals surface area contributed by atoms with E-state index in [4.69, 9.17) is 0 Å². The van der Waals surface area contributed by atoms with E-state index >= 15 is 0 Å². The molecule has 1 saturated heterocycles. The van der Waals surface area contributed by atoms with Crippen LogP contribution < -0.4 is 5.32 Å². The van der Waals surface area contributed by atoms with Crippen LogP contribution in [0.4, 0.5) is 8.78 Å². The molecule has 1 nitrogen and oxygen atoms in total. The second kappa shape index (κ2) is 4.58. The van der Waals surface area contributed by atoms with Crippen molar-refractivity contribution >= 4 is 15.9 Å². The van der Waals surface area contributed by atoms with E-state index in [-0.39, 0.29) is 22.0 Å². The van der Waals surface area contributed by atoms with Crippen molar-refractivity contribution in [3.8, 4) is 0 Å². The van der Waals surface area contributed by atoms with Gasteiger partial charge in [0.05, 0.1) is 4.47 Å². The molecular formula is C11H12BrF2N. The van der Waals surface area contributed by atoms with Crippen LogP contribution in [-0.2, 0) is 0 Å². The smallest absolute Gasteiger partial charge is 0.141 e. The first-order valence-corrected chi connectivity index (χ1v) is 5.83. The van der Waals surface area contributed by atoms with Crippen molar-refractivity contribution in [1.29, 1.82) is 0 Å². The maximum atomic E-state index is 13.7. The SMILES string of the molecule is Fc1cc(Br)c(F)c(C2CCCNC2)c1. The van der Waals surface area contributed by atoms with Crippen LogP contribution in [0.15, 0.2) is 16.6 Å². The summed E-state index contributed by atoms with van der Waals surface area (Å²) in [5, 5.41) is 3.20. The monoisotopic (exact) mass is 275 g/mol. The van der Waals surface area contributed by atoms with Crippen LogP contribution in [0.3, 0.4) is 0 Å². The quantitative estimate of drug-likeness (QED) is 0.777. The Balaban J connectivity index is 2.33. The first-order chi connectivity index (χ1) is 7.18. The molecule has 1 aliphatic heterocycles. The fourth-order valence-electron chi connectivity index (χ4n) is 1.99. The minimum Gasteiger partial charge on any atom is -0.316 e. The molecule has 1 fully saturated rings. The van der Waals surface area contributed by atoms with Crippen molar-refractivity contribution in [2.45, 2.75) is 18.8 Å². The highest BCUT2D eigenvalue weighted by atomic mass is 79.9. The van der Waals surface area contributed by atoms with E-state index in [1.54, 1.807) is 0 Å². The molecule has 1 N–H and O–H groups in total. The van der Waals surface area contributed by atoms with Crippen molar-refractivity contribution in [2.24, 2.45) is 0 Å². The van der Waals surface area contributed by atoms with Gasteiger partial charge in [0.25, 0.3) is 0 Å². The Morgan fingerprint density at radius 1 is 1.33 bits per heavy atom. The zero-order chi connectivity index (χ0) is 10.8. The van der Waals surface area contributed by atoms with Crippen LogP contribution in [0.1, 0.15) is 24.3 Å². The second-order valence-corrected chi connectivity index (χ2v) is 4.69.